The molecule has 0 aromatic carbocycles. The summed E-state index contributed by atoms with van der Waals surface area (Å²) < 4.78 is 5.23. The third-order valence-corrected chi connectivity index (χ3v) is 2.96. The van der Waals surface area contributed by atoms with Crippen LogP contribution in [-0.4, -0.2) is 14.7 Å². The fraction of sp³-hybridized carbons (Fsp3) is 0.600. The molecule has 0 saturated heterocycles. The molecule has 0 fully saturated rings. The molecule has 68 valence electrons. The predicted octanol–water partition coefficient (Wildman–Crippen LogP) is 3.11. The molecular formula is C10H18OSi. The van der Waals surface area contributed by atoms with Gasteiger partial charge in [0.2, 0.25) is 0 Å². The number of rotatable bonds is 1. The maximum Gasteiger partial charge on any atom is 0.0876 e. The Hall–Kier alpha value is -0.503. The van der Waals surface area contributed by atoms with Crippen molar-refractivity contribution in [1.29, 1.82) is 0 Å². The highest BCUT2D eigenvalue weighted by Crippen LogP contribution is 2.15. The summed E-state index contributed by atoms with van der Waals surface area (Å²) >= 11 is 0. The van der Waals surface area contributed by atoms with Gasteiger partial charge >= 0.3 is 0 Å². The summed E-state index contributed by atoms with van der Waals surface area (Å²) in [5.74, 6) is 0. The number of ether oxygens (including phenoxy) is 1. The third kappa shape index (κ3) is 3.76. The Morgan fingerprint density at radius 2 is 2.17 bits per heavy atom. The van der Waals surface area contributed by atoms with Crippen LogP contribution in [0.3, 0.4) is 0 Å². The van der Waals surface area contributed by atoms with E-state index < -0.39 is 8.07 Å². The van der Waals surface area contributed by atoms with Gasteiger partial charge in [0.05, 0.1) is 20.9 Å². The van der Waals surface area contributed by atoms with Crippen LogP contribution in [0.25, 0.3) is 0 Å². The van der Waals surface area contributed by atoms with Crippen LogP contribution in [0.5, 0.6) is 0 Å². The zero-order chi connectivity index (χ0) is 9.03. The standard InChI is InChI=1S/C10H18OSi/c1-12(2,3)9-10-5-4-7-11-8-6-10/h6,8-9H,4-5,7H2,1-3H3/b10-9-. The van der Waals surface area contributed by atoms with E-state index in [4.69, 9.17) is 4.74 Å². The average molecular weight is 182 g/mol. The molecular weight excluding hydrogens is 164 g/mol. The molecule has 12 heavy (non-hydrogen) atoms. The molecule has 0 aliphatic carbocycles. The zero-order valence-electron chi connectivity index (χ0n) is 8.26. The van der Waals surface area contributed by atoms with Gasteiger partial charge in [-0.25, -0.2) is 0 Å². The van der Waals surface area contributed by atoms with Crippen LogP contribution >= 0.6 is 0 Å². The summed E-state index contributed by atoms with van der Waals surface area (Å²) in [6.45, 7) is 7.96. The van der Waals surface area contributed by atoms with Crippen LogP contribution in [0, 0.1) is 0 Å². The van der Waals surface area contributed by atoms with Gasteiger partial charge in [0.15, 0.2) is 0 Å². The van der Waals surface area contributed by atoms with Crippen molar-refractivity contribution in [2.75, 3.05) is 6.61 Å². The molecule has 0 spiro atoms. The smallest absolute Gasteiger partial charge is 0.0876 e. The van der Waals surface area contributed by atoms with Crippen molar-refractivity contribution in [3.8, 4) is 0 Å². The fourth-order valence-electron chi connectivity index (χ4n) is 1.32. The van der Waals surface area contributed by atoms with Gasteiger partial charge in [-0.1, -0.05) is 30.9 Å². The first-order valence-corrected chi connectivity index (χ1v) is 8.15. The number of hydrogen-bond acceptors (Lipinski definition) is 1. The Morgan fingerprint density at radius 3 is 2.83 bits per heavy atom. The zero-order valence-corrected chi connectivity index (χ0v) is 9.26. The molecule has 0 amide bonds. The van der Waals surface area contributed by atoms with Gasteiger partial charge < -0.3 is 4.74 Å². The van der Waals surface area contributed by atoms with E-state index in [-0.39, 0.29) is 0 Å². The largest absolute Gasteiger partial charge is 0.501 e. The minimum Gasteiger partial charge on any atom is -0.501 e. The second kappa shape index (κ2) is 3.94. The quantitative estimate of drug-likeness (QED) is 0.566. The summed E-state index contributed by atoms with van der Waals surface area (Å²) in [7, 11) is -1.04. The van der Waals surface area contributed by atoms with Crippen LogP contribution in [0.1, 0.15) is 12.8 Å². The summed E-state index contributed by atoms with van der Waals surface area (Å²) in [5.41, 5.74) is 3.92. The lowest BCUT2D eigenvalue weighted by atomic mass is 10.2. The first-order valence-electron chi connectivity index (χ1n) is 4.58. The molecule has 0 atom stereocenters. The highest BCUT2D eigenvalue weighted by molar-refractivity contribution is 6.81. The molecule has 1 aliphatic heterocycles. The van der Waals surface area contributed by atoms with Crippen LogP contribution in [0.15, 0.2) is 23.6 Å². The molecule has 0 N–H and O–H groups in total. The second-order valence-corrected chi connectivity index (χ2v) is 9.38. The highest BCUT2D eigenvalue weighted by Gasteiger charge is 2.10. The maximum atomic E-state index is 5.23. The highest BCUT2D eigenvalue weighted by atomic mass is 28.3. The molecule has 2 heteroatoms. The van der Waals surface area contributed by atoms with Gasteiger partial charge in [0, 0.05) is 0 Å². The van der Waals surface area contributed by atoms with Gasteiger partial charge in [0.25, 0.3) is 0 Å². The minimum atomic E-state index is -1.04. The van der Waals surface area contributed by atoms with Gasteiger partial charge in [0.1, 0.15) is 0 Å². The van der Waals surface area contributed by atoms with Crippen molar-refractivity contribution in [2.45, 2.75) is 32.5 Å². The van der Waals surface area contributed by atoms with E-state index in [2.05, 4.69) is 31.4 Å². The van der Waals surface area contributed by atoms with E-state index in [9.17, 15) is 0 Å². The summed E-state index contributed by atoms with van der Waals surface area (Å²) in [6.07, 6.45) is 6.29. The van der Waals surface area contributed by atoms with Gasteiger partial charge in [-0.2, -0.15) is 0 Å². The molecule has 1 aliphatic rings. The minimum absolute atomic E-state index is 0.875. The van der Waals surface area contributed by atoms with Crippen molar-refractivity contribution in [1.82, 2.24) is 0 Å². The predicted molar refractivity (Wildman–Crippen MR) is 55.8 cm³/mol. The first-order chi connectivity index (χ1) is 5.58. The Bertz CT molecular complexity index is 198. The van der Waals surface area contributed by atoms with Crippen molar-refractivity contribution >= 4 is 8.07 Å². The second-order valence-electron chi connectivity index (χ2n) is 4.36. The van der Waals surface area contributed by atoms with Crippen LogP contribution in [-0.2, 0) is 4.74 Å². The lowest BCUT2D eigenvalue weighted by Gasteiger charge is -2.11. The molecule has 1 nitrogen and oxygen atoms in total. The molecule has 0 saturated carbocycles. The van der Waals surface area contributed by atoms with E-state index in [1.165, 1.54) is 12.0 Å². The average Bonchev–Trinajstić information content (AvgIpc) is 2.12. The van der Waals surface area contributed by atoms with Crippen molar-refractivity contribution in [3.05, 3.63) is 23.6 Å². The third-order valence-electron chi connectivity index (χ3n) is 1.72. The molecule has 0 aromatic rings. The Morgan fingerprint density at radius 1 is 1.42 bits per heavy atom. The molecule has 1 rings (SSSR count). The van der Waals surface area contributed by atoms with Crippen LogP contribution in [0.4, 0.5) is 0 Å². The lowest BCUT2D eigenvalue weighted by molar-refractivity contribution is 0.250. The van der Waals surface area contributed by atoms with Crippen molar-refractivity contribution in [3.63, 3.8) is 0 Å². The topological polar surface area (TPSA) is 9.23 Å². The Labute approximate surface area is 76.1 Å². The van der Waals surface area contributed by atoms with E-state index in [1.54, 1.807) is 0 Å². The molecule has 0 radical (unpaired) electrons. The van der Waals surface area contributed by atoms with E-state index in [0.717, 1.165) is 13.0 Å². The first kappa shape index (κ1) is 9.58. The molecule has 0 unspecified atom stereocenters. The Balaban J connectivity index is 2.66. The van der Waals surface area contributed by atoms with Crippen molar-refractivity contribution < 1.29 is 4.74 Å². The number of hydrogen-bond donors (Lipinski definition) is 0. The van der Waals surface area contributed by atoms with Gasteiger partial charge in [-0.05, 0) is 18.9 Å². The van der Waals surface area contributed by atoms with Crippen LogP contribution < -0.4 is 0 Å². The summed E-state index contributed by atoms with van der Waals surface area (Å²) in [6, 6.07) is 0. The van der Waals surface area contributed by atoms with Crippen molar-refractivity contribution in [2.24, 2.45) is 0 Å². The molecule has 1 heterocycles. The SMILES string of the molecule is C[Si](C)(C)/C=C1\C=COCCC1. The normalized spacial score (nSPS) is 22.1. The summed E-state index contributed by atoms with van der Waals surface area (Å²) in [5, 5.41) is 0. The van der Waals surface area contributed by atoms with E-state index >= 15 is 0 Å². The number of allylic oxidation sites excluding steroid dienone is 2. The summed E-state index contributed by atoms with van der Waals surface area (Å²) in [4.78, 5) is 0. The molecule has 0 aromatic heterocycles. The van der Waals surface area contributed by atoms with Crippen LogP contribution in [0.2, 0.25) is 19.6 Å². The monoisotopic (exact) mass is 182 g/mol. The van der Waals surface area contributed by atoms with E-state index in [1.807, 2.05) is 6.26 Å². The Kier molecular flexibility index (Phi) is 3.15. The lowest BCUT2D eigenvalue weighted by Crippen LogP contribution is -2.16. The van der Waals surface area contributed by atoms with Gasteiger partial charge in [-0.3, -0.25) is 0 Å². The maximum absolute atomic E-state index is 5.23. The fourth-order valence-corrected chi connectivity index (χ4v) is 2.68. The molecule has 0 bridgehead atoms. The van der Waals surface area contributed by atoms with E-state index in [0.29, 0.717) is 0 Å². The van der Waals surface area contributed by atoms with Gasteiger partial charge in [-0.15, -0.1) is 0 Å².